The molecule has 1 unspecified atom stereocenters. The third-order valence-electron chi connectivity index (χ3n) is 2.87. The van der Waals surface area contributed by atoms with Crippen molar-refractivity contribution in [2.24, 2.45) is 5.73 Å². The van der Waals surface area contributed by atoms with E-state index in [1.807, 2.05) is 18.0 Å². The van der Waals surface area contributed by atoms with Crippen molar-refractivity contribution in [3.63, 3.8) is 0 Å². The number of aromatic hydroxyl groups is 1. The lowest BCUT2D eigenvalue weighted by Crippen LogP contribution is -2.35. The molecule has 0 saturated carbocycles. The molecular formula is C14H20N2O3S. The quantitative estimate of drug-likeness (QED) is 0.588. The van der Waals surface area contributed by atoms with E-state index in [1.165, 1.54) is 0 Å². The second-order valence-corrected chi connectivity index (χ2v) is 4.91. The van der Waals surface area contributed by atoms with Crippen LogP contribution in [0.2, 0.25) is 0 Å². The minimum absolute atomic E-state index is 0.155. The molecule has 0 heterocycles. The molecule has 3 N–H and O–H groups in total. The Labute approximate surface area is 124 Å². The van der Waals surface area contributed by atoms with Crippen LogP contribution in [0.3, 0.4) is 0 Å². The van der Waals surface area contributed by atoms with E-state index in [4.69, 9.17) is 22.7 Å². The summed E-state index contributed by atoms with van der Waals surface area (Å²) in [6.07, 6.45) is 0.266. The molecule has 0 spiro atoms. The van der Waals surface area contributed by atoms with Crippen molar-refractivity contribution in [1.82, 2.24) is 4.90 Å². The first-order valence-corrected chi connectivity index (χ1v) is 6.80. The van der Waals surface area contributed by atoms with Crippen LogP contribution in [-0.4, -0.2) is 41.2 Å². The van der Waals surface area contributed by atoms with Gasteiger partial charge in [0.2, 0.25) is 0 Å². The highest BCUT2D eigenvalue weighted by Crippen LogP contribution is 2.23. The Morgan fingerprint density at radius 2 is 2.25 bits per heavy atom. The predicted octanol–water partition coefficient (Wildman–Crippen LogP) is 1.60. The topological polar surface area (TPSA) is 75.8 Å². The number of rotatable bonds is 7. The summed E-state index contributed by atoms with van der Waals surface area (Å²) in [7, 11) is 1.83. The van der Waals surface area contributed by atoms with Crippen molar-refractivity contribution in [3.8, 4) is 5.75 Å². The van der Waals surface area contributed by atoms with Crippen LogP contribution < -0.4 is 5.73 Å². The minimum atomic E-state index is -0.327. The molecule has 20 heavy (non-hydrogen) atoms. The molecule has 1 aromatic carbocycles. The Balaban J connectivity index is 2.76. The van der Waals surface area contributed by atoms with Crippen molar-refractivity contribution >= 4 is 23.2 Å². The van der Waals surface area contributed by atoms with Gasteiger partial charge in [-0.05, 0) is 31.7 Å². The summed E-state index contributed by atoms with van der Waals surface area (Å²) in [6, 6.07) is 6.44. The van der Waals surface area contributed by atoms with E-state index in [0.29, 0.717) is 18.1 Å². The Morgan fingerprint density at radius 3 is 2.80 bits per heavy atom. The van der Waals surface area contributed by atoms with Crippen molar-refractivity contribution < 1.29 is 14.6 Å². The predicted molar refractivity (Wildman–Crippen MR) is 81.5 cm³/mol. The molecule has 0 fully saturated rings. The van der Waals surface area contributed by atoms with Crippen LogP contribution in [0.1, 0.15) is 24.9 Å². The first-order valence-electron chi connectivity index (χ1n) is 6.39. The average molecular weight is 296 g/mol. The highest BCUT2D eigenvalue weighted by molar-refractivity contribution is 7.80. The van der Waals surface area contributed by atoms with Crippen molar-refractivity contribution in [1.29, 1.82) is 0 Å². The molecular weight excluding hydrogens is 276 g/mol. The summed E-state index contributed by atoms with van der Waals surface area (Å²) < 4.78 is 4.89. The van der Waals surface area contributed by atoms with E-state index in [9.17, 15) is 9.90 Å². The summed E-state index contributed by atoms with van der Waals surface area (Å²) in [5, 5.41) is 9.54. The number of ether oxygens (including phenoxy) is 1. The Kier molecular flexibility index (Phi) is 6.41. The van der Waals surface area contributed by atoms with Gasteiger partial charge in [0, 0.05) is 6.54 Å². The fourth-order valence-corrected chi connectivity index (χ4v) is 2.28. The van der Waals surface area contributed by atoms with Crippen molar-refractivity contribution in [2.45, 2.75) is 19.4 Å². The SMILES string of the molecule is CCOC(=O)CCN(C)C(C(N)=S)c1cccc(O)c1. The monoisotopic (exact) mass is 296 g/mol. The summed E-state index contributed by atoms with van der Waals surface area (Å²) in [5.74, 6) is -0.0977. The highest BCUT2D eigenvalue weighted by atomic mass is 32.1. The number of phenolic OH excluding ortho intramolecular Hbond substituents is 1. The lowest BCUT2D eigenvalue weighted by atomic mass is 10.1. The number of phenols is 1. The average Bonchev–Trinajstić information content (AvgIpc) is 2.36. The van der Waals surface area contributed by atoms with Gasteiger partial charge in [0.25, 0.3) is 0 Å². The standard InChI is InChI=1S/C14H20N2O3S/c1-3-19-12(18)7-8-16(2)13(14(15)20)10-5-4-6-11(17)9-10/h4-6,9,13,17H,3,7-8H2,1-2H3,(H2,15,20). The Bertz CT molecular complexity index is 479. The first kappa shape index (κ1) is 16.4. The molecule has 0 amide bonds. The van der Waals surface area contributed by atoms with Crippen molar-refractivity contribution in [2.75, 3.05) is 20.2 Å². The number of thiocarbonyl (C=S) groups is 1. The fourth-order valence-electron chi connectivity index (χ4n) is 1.96. The fraction of sp³-hybridized carbons (Fsp3) is 0.429. The largest absolute Gasteiger partial charge is 0.508 e. The lowest BCUT2D eigenvalue weighted by Gasteiger charge is -2.27. The number of likely N-dealkylation sites (N-methyl/N-ethyl adjacent to an activating group) is 1. The van der Waals surface area contributed by atoms with Gasteiger partial charge in [0.15, 0.2) is 0 Å². The number of carbonyl (C=O) groups excluding carboxylic acids is 1. The normalized spacial score (nSPS) is 12.2. The maximum Gasteiger partial charge on any atom is 0.307 e. The second kappa shape index (κ2) is 7.81. The van der Waals surface area contributed by atoms with Gasteiger partial charge in [0.05, 0.1) is 24.1 Å². The molecule has 0 aliphatic carbocycles. The Hall–Kier alpha value is -1.66. The summed E-state index contributed by atoms with van der Waals surface area (Å²) in [4.78, 5) is 13.5. The number of nitrogens with two attached hydrogens (primary N) is 1. The van der Waals surface area contributed by atoms with E-state index in [2.05, 4.69) is 0 Å². The number of carbonyl (C=O) groups is 1. The number of nitrogens with zero attached hydrogens (tertiary/aromatic N) is 1. The first-order chi connectivity index (χ1) is 9.45. The number of esters is 1. The maximum atomic E-state index is 11.4. The minimum Gasteiger partial charge on any atom is -0.508 e. The van der Waals surface area contributed by atoms with Gasteiger partial charge in [-0.1, -0.05) is 24.4 Å². The second-order valence-electron chi connectivity index (χ2n) is 4.44. The van der Waals surface area contributed by atoms with Crippen LogP contribution >= 0.6 is 12.2 Å². The zero-order valence-corrected chi connectivity index (χ0v) is 12.5. The molecule has 1 aromatic rings. The molecule has 0 aliphatic heterocycles. The molecule has 1 rings (SSSR count). The molecule has 0 saturated heterocycles. The molecule has 1 atom stereocenters. The van der Waals surface area contributed by atoms with Gasteiger partial charge in [-0.2, -0.15) is 0 Å². The zero-order chi connectivity index (χ0) is 15.1. The van der Waals surface area contributed by atoms with Crippen molar-refractivity contribution in [3.05, 3.63) is 29.8 Å². The van der Waals surface area contributed by atoms with Gasteiger partial charge in [0.1, 0.15) is 5.75 Å². The lowest BCUT2D eigenvalue weighted by molar-refractivity contribution is -0.143. The Morgan fingerprint density at radius 1 is 1.55 bits per heavy atom. The van der Waals surface area contributed by atoms with Crippen LogP contribution in [0.25, 0.3) is 0 Å². The molecule has 0 bridgehead atoms. The summed E-state index contributed by atoms with van der Waals surface area (Å²) >= 11 is 5.09. The molecule has 0 aromatic heterocycles. The highest BCUT2D eigenvalue weighted by Gasteiger charge is 2.21. The van der Waals surface area contributed by atoms with Gasteiger partial charge in [-0.25, -0.2) is 0 Å². The molecule has 6 heteroatoms. The van der Waals surface area contributed by atoms with Gasteiger partial charge in [-0.3, -0.25) is 9.69 Å². The molecule has 0 aliphatic rings. The number of hydrogen-bond donors (Lipinski definition) is 2. The van der Waals surface area contributed by atoms with Crippen LogP contribution in [-0.2, 0) is 9.53 Å². The van der Waals surface area contributed by atoms with E-state index in [1.54, 1.807) is 25.1 Å². The third-order valence-corrected chi connectivity index (χ3v) is 3.09. The van der Waals surface area contributed by atoms with E-state index in [-0.39, 0.29) is 24.2 Å². The van der Waals surface area contributed by atoms with E-state index >= 15 is 0 Å². The third kappa shape index (κ3) is 4.79. The van der Waals surface area contributed by atoms with Crippen LogP contribution in [0.5, 0.6) is 5.75 Å². The van der Waals surface area contributed by atoms with Gasteiger partial charge in [-0.15, -0.1) is 0 Å². The van der Waals surface area contributed by atoms with E-state index < -0.39 is 0 Å². The number of hydrogen-bond acceptors (Lipinski definition) is 5. The molecule has 0 radical (unpaired) electrons. The molecule has 5 nitrogen and oxygen atoms in total. The number of benzene rings is 1. The zero-order valence-electron chi connectivity index (χ0n) is 11.7. The van der Waals surface area contributed by atoms with Crippen LogP contribution in [0.4, 0.5) is 0 Å². The smallest absolute Gasteiger partial charge is 0.307 e. The van der Waals surface area contributed by atoms with Crippen LogP contribution in [0.15, 0.2) is 24.3 Å². The summed E-state index contributed by atoms with van der Waals surface area (Å²) in [5.41, 5.74) is 6.57. The molecule has 110 valence electrons. The maximum absolute atomic E-state index is 11.4. The summed E-state index contributed by atoms with van der Waals surface area (Å²) in [6.45, 7) is 2.61. The van der Waals surface area contributed by atoms with Crippen LogP contribution in [0, 0.1) is 0 Å². The van der Waals surface area contributed by atoms with Gasteiger partial charge >= 0.3 is 5.97 Å². The van der Waals surface area contributed by atoms with E-state index in [0.717, 1.165) is 5.56 Å². The van der Waals surface area contributed by atoms with Gasteiger partial charge < -0.3 is 15.6 Å².